The van der Waals surface area contributed by atoms with Crippen molar-refractivity contribution in [1.82, 2.24) is 9.19 Å². The molecule has 0 saturated carbocycles. The zero-order valence-electron chi connectivity index (χ0n) is 4.62. The van der Waals surface area contributed by atoms with E-state index in [2.05, 4.69) is 21.0 Å². The zero-order valence-corrected chi connectivity index (χ0v) is 7.02. The molecule has 0 N–H and O–H groups in total. The lowest BCUT2D eigenvalue weighted by Crippen LogP contribution is -2.14. The van der Waals surface area contributed by atoms with Crippen molar-refractivity contribution < 1.29 is 3.89 Å². The fourth-order valence-corrected chi connectivity index (χ4v) is 1.07. The average molecular weight is 225 g/mol. The van der Waals surface area contributed by atoms with Gasteiger partial charge in [-0.25, -0.2) is 0 Å². The SMILES string of the molecule is O=c1ccc(Br)nn1SF. The molecule has 10 heavy (non-hydrogen) atoms. The monoisotopic (exact) mass is 224 g/mol. The van der Waals surface area contributed by atoms with Gasteiger partial charge in [-0.3, -0.25) is 4.79 Å². The Bertz CT molecular complexity index is 289. The van der Waals surface area contributed by atoms with Crippen LogP contribution in [0.1, 0.15) is 0 Å². The van der Waals surface area contributed by atoms with Crippen LogP contribution in [0.2, 0.25) is 0 Å². The number of aromatic nitrogens is 2. The van der Waals surface area contributed by atoms with Crippen molar-refractivity contribution in [2.24, 2.45) is 0 Å². The van der Waals surface area contributed by atoms with E-state index in [0.29, 0.717) is 8.69 Å². The van der Waals surface area contributed by atoms with Crippen molar-refractivity contribution >= 4 is 28.3 Å². The molecule has 1 aromatic rings. The normalized spacial score (nSPS) is 9.80. The van der Waals surface area contributed by atoms with Crippen LogP contribution in [0.15, 0.2) is 21.5 Å². The van der Waals surface area contributed by atoms with Gasteiger partial charge in [-0.2, -0.15) is 0 Å². The van der Waals surface area contributed by atoms with Crippen LogP contribution in [-0.4, -0.2) is 9.19 Å². The third-order valence-electron chi connectivity index (χ3n) is 0.804. The lowest BCUT2D eigenvalue weighted by Gasteiger charge is -1.92. The maximum atomic E-state index is 11.8. The van der Waals surface area contributed by atoms with Crippen molar-refractivity contribution in [2.45, 2.75) is 0 Å². The van der Waals surface area contributed by atoms with Gasteiger partial charge in [0.05, 0.1) is 0 Å². The van der Waals surface area contributed by atoms with Gasteiger partial charge in [0.15, 0.2) is 12.3 Å². The van der Waals surface area contributed by atoms with Crippen molar-refractivity contribution in [3.63, 3.8) is 0 Å². The van der Waals surface area contributed by atoms with E-state index in [-0.39, 0.29) is 12.3 Å². The second-order valence-electron chi connectivity index (χ2n) is 1.44. The van der Waals surface area contributed by atoms with Gasteiger partial charge in [0.25, 0.3) is 5.56 Å². The quantitative estimate of drug-likeness (QED) is 0.724. The van der Waals surface area contributed by atoms with Gasteiger partial charge in [0, 0.05) is 6.07 Å². The van der Waals surface area contributed by atoms with E-state index in [1.54, 1.807) is 0 Å². The second kappa shape index (κ2) is 3.16. The van der Waals surface area contributed by atoms with E-state index in [9.17, 15) is 8.68 Å². The lowest BCUT2D eigenvalue weighted by molar-refractivity contribution is 0.832. The van der Waals surface area contributed by atoms with E-state index in [4.69, 9.17) is 0 Å². The summed E-state index contributed by atoms with van der Waals surface area (Å²) >= 11 is 2.76. The smallest absolute Gasteiger partial charge is 0.267 e. The highest BCUT2D eigenvalue weighted by molar-refractivity contribution is 9.10. The van der Waals surface area contributed by atoms with Gasteiger partial charge < -0.3 is 0 Å². The molecule has 1 aromatic heterocycles. The molecule has 54 valence electrons. The summed E-state index contributed by atoms with van der Waals surface area (Å²) in [4.78, 5) is 10.6. The topological polar surface area (TPSA) is 34.9 Å². The maximum absolute atomic E-state index is 11.8. The minimum Gasteiger partial charge on any atom is -0.267 e. The number of nitrogens with zero attached hydrogens (tertiary/aromatic N) is 2. The van der Waals surface area contributed by atoms with Crippen LogP contribution in [-0.2, 0) is 0 Å². The van der Waals surface area contributed by atoms with Gasteiger partial charge >= 0.3 is 0 Å². The number of halogens is 2. The third-order valence-corrected chi connectivity index (χ3v) is 1.62. The molecular formula is C4H2BrFN2OS. The first-order chi connectivity index (χ1) is 4.74. The fourth-order valence-electron chi connectivity index (χ4n) is 0.423. The van der Waals surface area contributed by atoms with Crippen LogP contribution >= 0.6 is 28.3 Å². The predicted molar refractivity (Wildman–Crippen MR) is 40.3 cm³/mol. The molecule has 0 aliphatic heterocycles. The van der Waals surface area contributed by atoms with Crippen LogP contribution in [0.4, 0.5) is 3.89 Å². The molecule has 0 fully saturated rings. The van der Waals surface area contributed by atoms with E-state index in [1.807, 2.05) is 0 Å². The molecule has 0 spiro atoms. The third kappa shape index (κ3) is 1.57. The van der Waals surface area contributed by atoms with Crippen LogP contribution in [0.3, 0.4) is 0 Å². The highest BCUT2D eigenvalue weighted by atomic mass is 79.9. The van der Waals surface area contributed by atoms with Crippen LogP contribution in [0.5, 0.6) is 0 Å². The molecule has 0 aliphatic rings. The van der Waals surface area contributed by atoms with E-state index in [1.165, 1.54) is 12.1 Å². The number of hydrogen-bond acceptors (Lipinski definition) is 3. The van der Waals surface area contributed by atoms with Crippen molar-refractivity contribution in [2.75, 3.05) is 0 Å². The van der Waals surface area contributed by atoms with Gasteiger partial charge in [0.1, 0.15) is 4.60 Å². The summed E-state index contributed by atoms with van der Waals surface area (Å²) in [5.74, 6) is 0. The summed E-state index contributed by atoms with van der Waals surface area (Å²) in [5.41, 5.74) is -0.476. The Labute approximate surface area is 68.8 Å². The van der Waals surface area contributed by atoms with Crippen molar-refractivity contribution in [3.8, 4) is 0 Å². The van der Waals surface area contributed by atoms with Crippen molar-refractivity contribution in [3.05, 3.63) is 27.1 Å². The Balaban J connectivity index is 3.22. The molecule has 0 radical (unpaired) electrons. The van der Waals surface area contributed by atoms with E-state index in [0.717, 1.165) is 0 Å². The molecule has 0 saturated heterocycles. The largest absolute Gasteiger partial charge is 0.279 e. The Hall–Kier alpha value is -0.360. The van der Waals surface area contributed by atoms with E-state index < -0.39 is 5.56 Å². The van der Waals surface area contributed by atoms with Gasteiger partial charge in [-0.15, -0.1) is 13.1 Å². The molecule has 0 bridgehead atoms. The molecule has 0 aromatic carbocycles. The molecule has 0 aliphatic carbocycles. The Morgan fingerprint density at radius 3 is 2.90 bits per heavy atom. The molecule has 1 heterocycles. The first-order valence-electron chi connectivity index (χ1n) is 2.29. The first kappa shape index (κ1) is 7.74. The van der Waals surface area contributed by atoms with Gasteiger partial charge in [-0.05, 0) is 22.0 Å². The standard InChI is InChI=1S/C4H2BrFN2OS/c5-3-1-2-4(9)8(7-3)10-6/h1-2H. The maximum Gasteiger partial charge on any atom is 0.279 e. The highest BCUT2D eigenvalue weighted by Crippen LogP contribution is 2.04. The zero-order chi connectivity index (χ0) is 7.56. The Kier molecular flexibility index (Phi) is 2.44. The van der Waals surface area contributed by atoms with Gasteiger partial charge in [0.2, 0.25) is 0 Å². The van der Waals surface area contributed by atoms with E-state index >= 15 is 0 Å². The van der Waals surface area contributed by atoms with Crippen LogP contribution in [0.25, 0.3) is 0 Å². The first-order valence-corrected chi connectivity index (χ1v) is 3.75. The minimum atomic E-state index is -0.476. The number of rotatable bonds is 1. The molecule has 0 unspecified atom stereocenters. The highest BCUT2D eigenvalue weighted by Gasteiger charge is 1.96. The Morgan fingerprint density at radius 1 is 1.70 bits per heavy atom. The second-order valence-corrected chi connectivity index (χ2v) is 2.73. The fraction of sp³-hybridized carbons (Fsp3) is 0. The summed E-state index contributed by atoms with van der Waals surface area (Å²) in [6.45, 7) is 0. The van der Waals surface area contributed by atoms with Crippen molar-refractivity contribution in [1.29, 1.82) is 0 Å². The molecule has 3 nitrogen and oxygen atoms in total. The van der Waals surface area contributed by atoms with Crippen LogP contribution in [0, 0.1) is 0 Å². The minimum absolute atomic E-state index is 0.227. The summed E-state index contributed by atoms with van der Waals surface area (Å²) in [6.07, 6.45) is 0. The molecule has 6 heteroatoms. The summed E-state index contributed by atoms with van der Waals surface area (Å²) < 4.78 is 12.8. The Morgan fingerprint density at radius 2 is 2.40 bits per heavy atom. The summed E-state index contributed by atoms with van der Waals surface area (Å²) in [5, 5.41) is 3.50. The molecule has 0 amide bonds. The summed E-state index contributed by atoms with van der Waals surface area (Å²) in [7, 11) is 0. The summed E-state index contributed by atoms with van der Waals surface area (Å²) in [6, 6.07) is 2.68. The molecule has 1 rings (SSSR count). The average Bonchev–Trinajstić information content (AvgIpc) is 1.94. The molecule has 0 atom stereocenters. The molecular weight excluding hydrogens is 223 g/mol. The number of hydrogen-bond donors (Lipinski definition) is 0. The van der Waals surface area contributed by atoms with Crippen LogP contribution < -0.4 is 5.56 Å². The van der Waals surface area contributed by atoms with Gasteiger partial charge in [-0.1, -0.05) is 0 Å². The lowest BCUT2D eigenvalue weighted by atomic mass is 10.6. The predicted octanol–water partition coefficient (Wildman–Crippen LogP) is 1.39.